The SMILES string of the molecule is Cc1ccc(C)c(SCc2cccc([N+](=O)[O-])c2NN)c1. The quantitative estimate of drug-likeness (QED) is 0.380. The Morgan fingerprint density at radius 1 is 1.29 bits per heavy atom. The first kappa shape index (κ1) is 15.3. The fourth-order valence-electron chi connectivity index (χ4n) is 2.04. The number of rotatable bonds is 5. The average Bonchev–Trinajstić information content (AvgIpc) is 2.47. The van der Waals surface area contributed by atoms with Gasteiger partial charge in [0.25, 0.3) is 5.69 Å². The van der Waals surface area contributed by atoms with Gasteiger partial charge in [-0.25, -0.2) is 0 Å². The number of aryl methyl sites for hydroxylation is 2. The predicted octanol–water partition coefficient (Wildman–Crippen LogP) is 3.79. The van der Waals surface area contributed by atoms with E-state index in [-0.39, 0.29) is 5.69 Å². The summed E-state index contributed by atoms with van der Waals surface area (Å²) in [5.74, 6) is 6.07. The number of nitrogens with zero attached hydrogens (tertiary/aromatic N) is 1. The predicted molar refractivity (Wildman–Crippen MR) is 86.4 cm³/mol. The molecule has 6 heteroatoms. The van der Waals surface area contributed by atoms with Crippen molar-refractivity contribution in [1.29, 1.82) is 0 Å². The van der Waals surface area contributed by atoms with E-state index in [1.807, 2.05) is 13.0 Å². The van der Waals surface area contributed by atoms with Gasteiger partial charge < -0.3 is 5.43 Å². The zero-order chi connectivity index (χ0) is 15.4. The van der Waals surface area contributed by atoms with Crippen LogP contribution in [0.15, 0.2) is 41.3 Å². The maximum Gasteiger partial charge on any atom is 0.293 e. The number of benzene rings is 2. The fraction of sp³-hybridized carbons (Fsp3) is 0.200. The molecule has 0 saturated carbocycles. The highest BCUT2D eigenvalue weighted by atomic mass is 32.2. The highest BCUT2D eigenvalue weighted by Gasteiger charge is 2.16. The number of hydrazine groups is 1. The van der Waals surface area contributed by atoms with Crippen LogP contribution >= 0.6 is 11.8 Å². The van der Waals surface area contributed by atoms with Gasteiger partial charge in [0.2, 0.25) is 0 Å². The van der Waals surface area contributed by atoms with Gasteiger partial charge in [0, 0.05) is 16.7 Å². The van der Waals surface area contributed by atoms with Crippen LogP contribution in [0.1, 0.15) is 16.7 Å². The van der Waals surface area contributed by atoms with E-state index in [4.69, 9.17) is 5.84 Å². The van der Waals surface area contributed by atoms with Crippen molar-refractivity contribution in [2.24, 2.45) is 5.84 Å². The third-order valence-corrected chi connectivity index (χ3v) is 4.40. The number of thioether (sulfide) groups is 1. The summed E-state index contributed by atoms with van der Waals surface area (Å²) in [7, 11) is 0. The molecule has 110 valence electrons. The second kappa shape index (κ2) is 6.60. The van der Waals surface area contributed by atoms with Crippen LogP contribution in [-0.4, -0.2) is 4.92 Å². The molecule has 0 fully saturated rings. The number of nitrogens with two attached hydrogens (primary N) is 1. The molecule has 0 aliphatic carbocycles. The maximum atomic E-state index is 11.0. The van der Waals surface area contributed by atoms with Gasteiger partial charge in [-0.1, -0.05) is 29.8 Å². The molecule has 0 saturated heterocycles. The Bertz CT molecular complexity index is 674. The van der Waals surface area contributed by atoms with E-state index in [0.29, 0.717) is 11.4 Å². The summed E-state index contributed by atoms with van der Waals surface area (Å²) in [4.78, 5) is 11.8. The van der Waals surface area contributed by atoms with Gasteiger partial charge >= 0.3 is 0 Å². The second-order valence-electron chi connectivity index (χ2n) is 4.77. The van der Waals surface area contributed by atoms with Gasteiger partial charge in [0.1, 0.15) is 5.69 Å². The summed E-state index contributed by atoms with van der Waals surface area (Å²) in [5, 5.41) is 11.0. The third-order valence-electron chi connectivity index (χ3n) is 3.20. The standard InChI is InChI=1S/C15H17N3O2S/c1-10-6-7-11(2)14(8-10)21-9-12-4-3-5-13(18(19)20)15(12)17-16/h3-8,17H,9,16H2,1-2H3. The van der Waals surface area contributed by atoms with Gasteiger partial charge in [-0.15, -0.1) is 11.8 Å². The minimum absolute atomic E-state index is 0.00318. The maximum absolute atomic E-state index is 11.0. The molecule has 0 amide bonds. The number of nitro groups is 1. The zero-order valence-corrected chi connectivity index (χ0v) is 12.7. The lowest BCUT2D eigenvalue weighted by Gasteiger charge is -2.10. The number of para-hydroxylation sites is 1. The van der Waals surface area contributed by atoms with Crippen molar-refractivity contribution in [2.75, 3.05) is 5.43 Å². The Morgan fingerprint density at radius 2 is 2.05 bits per heavy atom. The van der Waals surface area contributed by atoms with E-state index in [1.54, 1.807) is 17.8 Å². The van der Waals surface area contributed by atoms with E-state index in [2.05, 4.69) is 30.5 Å². The van der Waals surface area contributed by atoms with Gasteiger partial charge in [0.15, 0.2) is 0 Å². The summed E-state index contributed by atoms with van der Waals surface area (Å²) in [5.41, 5.74) is 6.03. The van der Waals surface area contributed by atoms with Crippen LogP contribution in [0.2, 0.25) is 0 Å². The summed E-state index contributed by atoms with van der Waals surface area (Å²) in [6.07, 6.45) is 0. The lowest BCUT2D eigenvalue weighted by Crippen LogP contribution is -2.11. The molecule has 0 aliphatic heterocycles. The van der Waals surface area contributed by atoms with E-state index < -0.39 is 4.92 Å². The normalized spacial score (nSPS) is 10.4. The van der Waals surface area contributed by atoms with Crippen LogP contribution in [0.4, 0.5) is 11.4 Å². The molecule has 5 nitrogen and oxygen atoms in total. The molecular weight excluding hydrogens is 286 g/mol. The molecule has 0 unspecified atom stereocenters. The molecule has 0 heterocycles. The van der Waals surface area contributed by atoms with E-state index >= 15 is 0 Å². The third kappa shape index (κ3) is 3.53. The van der Waals surface area contributed by atoms with Gasteiger partial charge in [-0.2, -0.15) is 0 Å². The Labute approximate surface area is 127 Å². The van der Waals surface area contributed by atoms with E-state index in [9.17, 15) is 10.1 Å². The van der Waals surface area contributed by atoms with Crippen LogP contribution in [0.25, 0.3) is 0 Å². The molecule has 3 N–H and O–H groups in total. The Hall–Kier alpha value is -2.05. The first-order chi connectivity index (χ1) is 10.0. The van der Waals surface area contributed by atoms with E-state index in [0.717, 1.165) is 5.56 Å². The van der Waals surface area contributed by atoms with Crippen LogP contribution in [0, 0.1) is 24.0 Å². The van der Waals surface area contributed by atoms with Crippen LogP contribution in [0.3, 0.4) is 0 Å². The number of hydrogen-bond acceptors (Lipinski definition) is 5. The molecule has 0 aliphatic rings. The highest BCUT2D eigenvalue weighted by Crippen LogP contribution is 2.33. The molecule has 2 rings (SSSR count). The number of nitrogens with one attached hydrogen (secondary N) is 1. The topological polar surface area (TPSA) is 81.2 Å². The minimum atomic E-state index is -0.429. The summed E-state index contributed by atoms with van der Waals surface area (Å²) in [6.45, 7) is 4.10. The number of hydrogen-bond donors (Lipinski definition) is 2. The lowest BCUT2D eigenvalue weighted by molar-refractivity contribution is -0.384. The van der Waals surface area contributed by atoms with Crippen LogP contribution < -0.4 is 11.3 Å². The van der Waals surface area contributed by atoms with Crippen molar-refractivity contribution in [3.63, 3.8) is 0 Å². The van der Waals surface area contributed by atoms with Gasteiger partial charge in [-0.05, 0) is 31.0 Å². The summed E-state index contributed by atoms with van der Waals surface area (Å²) < 4.78 is 0. The smallest absolute Gasteiger partial charge is 0.293 e. The van der Waals surface area contributed by atoms with Crippen molar-refractivity contribution in [2.45, 2.75) is 24.5 Å². The Morgan fingerprint density at radius 3 is 2.71 bits per heavy atom. The zero-order valence-electron chi connectivity index (χ0n) is 11.9. The molecule has 0 aromatic heterocycles. The van der Waals surface area contributed by atoms with Gasteiger partial charge in [-0.3, -0.25) is 16.0 Å². The Balaban J connectivity index is 2.26. The Kier molecular flexibility index (Phi) is 4.82. The molecule has 2 aromatic rings. The average molecular weight is 303 g/mol. The summed E-state index contributed by atoms with van der Waals surface area (Å²) in [6, 6.07) is 11.2. The van der Waals surface area contributed by atoms with E-state index in [1.165, 1.54) is 22.1 Å². The number of nitrogen functional groups attached to an aromatic ring is 1. The molecule has 2 aromatic carbocycles. The molecule has 0 radical (unpaired) electrons. The van der Waals surface area contributed by atoms with Crippen molar-refractivity contribution >= 4 is 23.1 Å². The molecular formula is C15H17N3O2S. The largest absolute Gasteiger partial charge is 0.318 e. The second-order valence-corrected chi connectivity index (χ2v) is 5.79. The van der Waals surface area contributed by atoms with Gasteiger partial charge in [0.05, 0.1) is 4.92 Å². The first-order valence-electron chi connectivity index (χ1n) is 6.46. The van der Waals surface area contributed by atoms with Crippen molar-refractivity contribution in [3.8, 4) is 0 Å². The van der Waals surface area contributed by atoms with Crippen LogP contribution in [0.5, 0.6) is 0 Å². The number of nitro benzene ring substituents is 1. The molecule has 0 bridgehead atoms. The highest BCUT2D eigenvalue weighted by molar-refractivity contribution is 7.98. The summed E-state index contributed by atoms with van der Waals surface area (Å²) >= 11 is 1.65. The molecule has 0 atom stereocenters. The molecule has 21 heavy (non-hydrogen) atoms. The van der Waals surface area contributed by atoms with Crippen LogP contribution in [-0.2, 0) is 5.75 Å². The lowest BCUT2D eigenvalue weighted by atomic mass is 10.2. The fourth-order valence-corrected chi connectivity index (χ4v) is 3.16. The number of anilines is 1. The van der Waals surface area contributed by atoms with Crippen molar-refractivity contribution < 1.29 is 4.92 Å². The first-order valence-corrected chi connectivity index (χ1v) is 7.44. The minimum Gasteiger partial charge on any atom is -0.318 e. The molecule has 0 spiro atoms. The van der Waals surface area contributed by atoms with Crippen molar-refractivity contribution in [3.05, 3.63) is 63.2 Å². The van der Waals surface area contributed by atoms with Crippen molar-refractivity contribution in [1.82, 2.24) is 0 Å². The monoisotopic (exact) mass is 303 g/mol.